The van der Waals surface area contributed by atoms with E-state index in [0.717, 1.165) is 6.92 Å². The summed E-state index contributed by atoms with van der Waals surface area (Å²) in [6.07, 6.45) is 0. The summed E-state index contributed by atoms with van der Waals surface area (Å²) < 4.78 is 0. The predicted octanol–water partition coefficient (Wildman–Crippen LogP) is 1.43. The first-order valence-corrected chi connectivity index (χ1v) is 3.51. The molecule has 0 heterocycles. The molecule has 0 radical (unpaired) electrons. The Balaban J connectivity index is 2.71. The minimum absolute atomic E-state index is 0.590. The number of hydrogen-bond acceptors (Lipinski definition) is 4. The quantitative estimate of drug-likeness (QED) is 0.515. The molecule has 0 spiro atoms. The van der Waals surface area contributed by atoms with Crippen LogP contribution in [0.4, 0.5) is 5.69 Å². The van der Waals surface area contributed by atoms with Crippen molar-refractivity contribution >= 4 is 5.69 Å². The highest BCUT2D eigenvalue weighted by atomic mass is 16.5. The van der Waals surface area contributed by atoms with Gasteiger partial charge in [-0.25, -0.2) is 0 Å². The maximum Gasteiger partial charge on any atom is 0.280 e. The normalized spacial score (nSPS) is 12.2. The van der Waals surface area contributed by atoms with Crippen molar-refractivity contribution in [2.75, 3.05) is 0 Å². The van der Waals surface area contributed by atoms with Crippen LogP contribution in [0, 0.1) is 0 Å². The summed E-state index contributed by atoms with van der Waals surface area (Å²) in [5.41, 5.74) is 0.590. The van der Waals surface area contributed by atoms with E-state index in [-0.39, 0.29) is 0 Å². The number of nitrogens with zero attached hydrogens (tertiary/aromatic N) is 2. The molecule has 0 atom stereocenters. The first-order chi connectivity index (χ1) is 5.58. The van der Waals surface area contributed by atoms with Crippen molar-refractivity contribution in [3.8, 4) is 0 Å². The molecule has 0 bridgehead atoms. The van der Waals surface area contributed by atoms with Crippen LogP contribution in [0.15, 0.2) is 40.6 Å². The Labute approximate surface area is 70.2 Å². The van der Waals surface area contributed by atoms with Gasteiger partial charge in [0.15, 0.2) is 0 Å². The van der Waals surface area contributed by atoms with Crippen LogP contribution in [0.3, 0.4) is 0 Å². The first kappa shape index (κ1) is 8.83. The molecule has 0 aromatic heterocycles. The smallest absolute Gasteiger partial charge is 0.280 e. The molecule has 0 unspecified atom stereocenters. The van der Waals surface area contributed by atoms with Crippen molar-refractivity contribution in [1.82, 2.24) is 0 Å². The van der Waals surface area contributed by atoms with E-state index in [4.69, 9.17) is 10.2 Å². The molecule has 4 heteroatoms. The summed E-state index contributed by atoms with van der Waals surface area (Å²) in [4.78, 5) is 0. The molecule has 0 fully saturated rings. The fourth-order valence-electron chi connectivity index (χ4n) is 0.647. The van der Waals surface area contributed by atoms with Gasteiger partial charge in [0.2, 0.25) is 0 Å². The standard InChI is InChI=1S/C8H10N2O2/c1-8(11,12)10-9-7-5-3-2-4-6-7/h2-6,11-12H,1H3/b10-9+. The number of rotatable bonds is 2. The minimum atomic E-state index is -2.09. The molecular weight excluding hydrogens is 156 g/mol. The molecule has 12 heavy (non-hydrogen) atoms. The number of azo groups is 1. The van der Waals surface area contributed by atoms with Crippen LogP contribution in [-0.4, -0.2) is 16.1 Å². The van der Waals surface area contributed by atoms with Gasteiger partial charge in [-0.2, -0.15) is 5.11 Å². The van der Waals surface area contributed by atoms with E-state index < -0.39 is 5.91 Å². The zero-order valence-electron chi connectivity index (χ0n) is 6.68. The second-order valence-corrected chi connectivity index (χ2v) is 2.51. The Morgan fingerprint density at radius 2 is 1.75 bits per heavy atom. The van der Waals surface area contributed by atoms with Crippen molar-refractivity contribution in [2.45, 2.75) is 12.8 Å². The topological polar surface area (TPSA) is 65.2 Å². The van der Waals surface area contributed by atoms with Crippen molar-refractivity contribution in [2.24, 2.45) is 10.2 Å². The lowest BCUT2D eigenvalue weighted by molar-refractivity contribution is -0.141. The van der Waals surface area contributed by atoms with Gasteiger partial charge in [-0.3, -0.25) is 0 Å². The summed E-state index contributed by atoms with van der Waals surface area (Å²) >= 11 is 0. The van der Waals surface area contributed by atoms with Crippen LogP contribution >= 0.6 is 0 Å². The second-order valence-electron chi connectivity index (χ2n) is 2.51. The van der Waals surface area contributed by atoms with Gasteiger partial charge in [-0.05, 0) is 12.1 Å². The number of aliphatic hydroxyl groups is 2. The second kappa shape index (κ2) is 3.42. The van der Waals surface area contributed by atoms with Crippen LogP contribution < -0.4 is 0 Å². The van der Waals surface area contributed by atoms with Crippen molar-refractivity contribution in [3.05, 3.63) is 30.3 Å². The lowest BCUT2D eigenvalue weighted by Gasteiger charge is -2.05. The highest BCUT2D eigenvalue weighted by Crippen LogP contribution is 2.12. The van der Waals surface area contributed by atoms with E-state index in [1.807, 2.05) is 6.07 Å². The molecule has 0 aliphatic carbocycles. The largest absolute Gasteiger partial charge is 0.347 e. The molecule has 4 nitrogen and oxygen atoms in total. The van der Waals surface area contributed by atoms with Crippen LogP contribution in [0.2, 0.25) is 0 Å². The third kappa shape index (κ3) is 3.23. The zero-order chi connectivity index (χ0) is 9.03. The summed E-state index contributed by atoms with van der Waals surface area (Å²) in [6.45, 7) is 1.14. The molecule has 0 aliphatic heterocycles. The van der Waals surface area contributed by atoms with Gasteiger partial charge in [0.25, 0.3) is 5.91 Å². The van der Waals surface area contributed by atoms with Crippen molar-refractivity contribution in [1.29, 1.82) is 0 Å². The Hall–Kier alpha value is -1.26. The monoisotopic (exact) mass is 166 g/mol. The molecule has 64 valence electrons. The first-order valence-electron chi connectivity index (χ1n) is 3.51. The summed E-state index contributed by atoms with van der Waals surface area (Å²) in [6, 6.07) is 8.86. The molecule has 1 rings (SSSR count). The summed E-state index contributed by atoms with van der Waals surface area (Å²) in [5.74, 6) is -2.09. The molecule has 0 amide bonds. The van der Waals surface area contributed by atoms with E-state index in [9.17, 15) is 0 Å². The average molecular weight is 166 g/mol. The highest BCUT2D eigenvalue weighted by molar-refractivity contribution is 5.34. The predicted molar refractivity (Wildman–Crippen MR) is 43.8 cm³/mol. The maximum absolute atomic E-state index is 8.77. The van der Waals surface area contributed by atoms with Gasteiger partial charge in [0, 0.05) is 6.92 Å². The minimum Gasteiger partial charge on any atom is -0.347 e. The molecule has 0 saturated carbocycles. The molecule has 1 aromatic carbocycles. The van der Waals surface area contributed by atoms with Crippen molar-refractivity contribution < 1.29 is 10.2 Å². The fourth-order valence-corrected chi connectivity index (χ4v) is 0.647. The maximum atomic E-state index is 8.77. The highest BCUT2D eigenvalue weighted by Gasteiger charge is 2.11. The van der Waals surface area contributed by atoms with Crippen molar-refractivity contribution in [3.63, 3.8) is 0 Å². The van der Waals surface area contributed by atoms with Gasteiger partial charge >= 0.3 is 0 Å². The summed E-state index contributed by atoms with van der Waals surface area (Å²) in [5, 5.41) is 24.4. The zero-order valence-corrected chi connectivity index (χ0v) is 6.68. The SMILES string of the molecule is CC(O)(O)/N=N/c1ccccc1. The van der Waals surface area contributed by atoms with Crippen LogP contribution in [0.1, 0.15) is 6.92 Å². The van der Waals surface area contributed by atoms with E-state index >= 15 is 0 Å². The van der Waals surface area contributed by atoms with Crippen LogP contribution in [-0.2, 0) is 0 Å². The lowest BCUT2D eigenvalue weighted by atomic mass is 10.3. The Kier molecular flexibility index (Phi) is 2.52. The average Bonchev–Trinajstić information content (AvgIpc) is 2.02. The molecule has 0 aliphatic rings. The molecule has 2 N–H and O–H groups in total. The third-order valence-corrected chi connectivity index (χ3v) is 1.11. The molecule has 0 saturated heterocycles. The molecular formula is C8H10N2O2. The van der Waals surface area contributed by atoms with Gasteiger partial charge in [-0.15, -0.1) is 5.11 Å². The Morgan fingerprint density at radius 3 is 2.25 bits per heavy atom. The summed E-state index contributed by atoms with van der Waals surface area (Å²) in [7, 11) is 0. The molecule has 1 aromatic rings. The fraction of sp³-hybridized carbons (Fsp3) is 0.250. The number of hydrogen-bond donors (Lipinski definition) is 2. The van der Waals surface area contributed by atoms with Gasteiger partial charge in [0.05, 0.1) is 5.69 Å². The van der Waals surface area contributed by atoms with Crippen LogP contribution in [0.5, 0.6) is 0 Å². The number of benzene rings is 1. The lowest BCUT2D eigenvalue weighted by Crippen LogP contribution is -2.17. The van der Waals surface area contributed by atoms with Gasteiger partial charge in [-0.1, -0.05) is 18.2 Å². The van der Waals surface area contributed by atoms with E-state index in [1.165, 1.54) is 0 Å². The van der Waals surface area contributed by atoms with E-state index in [0.29, 0.717) is 5.69 Å². The van der Waals surface area contributed by atoms with Crippen LogP contribution in [0.25, 0.3) is 0 Å². The Morgan fingerprint density at radius 1 is 1.17 bits per heavy atom. The van der Waals surface area contributed by atoms with E-state index in [2.05, 4.69) is 10.2 Å². The van der Waals surface area contributed by atoms with Gasteiger partial charge < -0.3 is 10.2 Å². The Bertz CT molecular complexity index is 264. The van der Waals surface area contributed by atoms with Gasteiger partial charge in [0.1, 0.15) is 0 Å². The van der Waals surface area contributed by atoms with E-state index in [1.54, 1.807) is 24.3 Å². The third-order valence-electron chi connectivity index (χ3n) is 1.11.